The summed E-state index contributed by atoms with van der Waals surface area (Å²) in [4.78, 5) is 1.14. The molecule has 16 heavy (non-hydrogen) atoms. The van der Waals surface area contributed by atoms with Gasteiger partial charge in [0, 0.05) is 4.88 Å². The Morgan fingerprint density at radius 3 is 3.00 bits per heavy atom. The zero-order chi connectivity index (χ0) is 11.4. The van der Waals surface area contributed by atoms with E-state index in [2.05, 4.69) is 18.1 Å². The minimum atomic E-state index is 0.439. The molecule has 2 N–H and O–H groups in total. The molecule has 2 heterocycles. The van der Waals surface area contributed by atoms with Crippen LogP contribution in [0.5, 0.6) is 0 Å². The molecule has 86 valence electrons. The maximum absolute atomic E-state index is 5.81. The highest BCUT2D eigenvalue weighted by Gasteiger charge is 2.15. The lowest BCUT2D eigenvalue weighted by Gasteiger charge is -1.98. The van der Waals surface area contributed by atoms with Crippen molar-refractivity contribution in [2.24, 2.45) is 0 Å². The van der Waals surface area contributed by atoms with Gasteiger partial charge in [-0.3, -0.25) is 0 Å². The Labute approximate surface area is 99.3 Å². The first-order valence-corrected chi connectivity index (χ1v) is 6.48. The van der Waals surface area contributed by atoms with Crippen molar-refractivity contribution in [3.63, 3.8) is 0 Å². The monoisotopic (exact) mass is 236 g/mol. The Balaban J connectivity index is 2.20. The van der Waals surface area contributed by atoms with Gasteiger partial charge in [-0.05, 0) is 24.3 Å². The first kappa shape index (κ1) is 11.2. The fourth-order valence-corrected chi connectivity index (χ4v) is 2.53. The summed E-state index contributed by atoms with van der Waals surface area (Å²) in [6.07, 6.45) is 4.51. The third kappa shape index (κ3) is 2.27. The van der Waals surface area contributed by atoms with E-state index in [1.807, 2.05) is 11.4 Å². The average molecular weight is 236 g/mol. The van der Waals surface area contributed by atoms with E-state index in [1.54, 1.807) is 11.3 Å². The summed E-state index contributed by atoms with van der Waals surface area (Å²) in [7, 11) is 0. The highest BCUT2D eigenvalue weighted by molar-refractivity contribution is 7.13. The Morgan fingerprint density at radius 2 is 2.31 bits per heavy atom. The molecule has 0 spiro atoms. The van der Waals surface area contributed by atoms with Crippen LogP contribution < -0.4 is 5.73 Å². The van der Waals surface area contributed by atoms with Gasteiger partial charge in [-0.15, -0.1) is 11.3 Å². The van der Waals surface area contributed by atoms with Gasteiger partial charge in [0.25, 0.3) is 0 Å². The number of hydrogen-bond acceptors (Lipinski definition) is 4. The first-order valence-electron chi connectivity index (χ1n) is 5.60. The topological polar surface area (TPSA) is 52.0 Å². The fraction of sp³-hybridized carbons (Fsp3) is 0.417. The van der Waals surface area contributed by atoms with Gasteiger partial charge < -0.3 is 10.3 Å². The van der Waals surface area contributed by atoms with E-state index in [0.29, 0.717) is 5.88 Å². The number of unbranched alkanes of at least 4 members (excludes halogenated alkanes) is 2. The lowest BCUT2D eigenvalue weighted by atomic mass is 10.1. The molecule has 0 bridgehead atoms. The summed E-state index contributed by atoms with van der Waals surface area (Å²) >= 11 is 1.67. The van der Waals surface area contributed by atoms with Gasteiger partial charge >= 0.3 is 0 Å². The highest BCUT2D eigenvalue weighted by Crippen LogP contribution is 2.33. The number of hydrogen-bond donors (Lipinski definition) is 1. The van der Waals surface area contributed by atoms with Gasteiger partial charge in [0.1, 0.15) is 0 Å². The maximum Gasteiger partial charge on any atom is 0.231 e. The van der Waals surface area contributed by atoms with Crippen molar-refractivity contribution in [3.8, 4) is 10.4 Å². The number of nitrogens with two attached hydrogens (primary N) is 1. The number of thiophene rings is 1. The van der Waals surface area contributed by atoms with Crippen LogP contribution in [0.2, 0.25) is 0 Å². The smallest absolute Gasteiger partial charge is 0.231 e. The summed E-state index contributed by atoms with van der Waals surface area (Å²) in [6.45, 7) is 2.19. The summed E-state index contributed by atoms with van der Waals surface area (Å²) in [5, 5.41) is 6.09. The van der Waals surface area contributed by atoms with Crippen molar-refractivity contribution in [2.75, 3.05) is 5.73 Å². The fourth-order valence-electron chi connectivity index (χ4n) is 1.74. The SMILES string of the molecule is CCCCCc1noc(N)c1-c1cccs1. The lowest BCUT2D eigenvalue weighted by Crippen LogP contribution is -1.90. The second kappa shape index (κ2) is 5.16. The zero-order valence-electron chi connectivity index (χ0n) is 9.40. The van der Waals surface area contributed by atoms with Crippen LogP contribution in [0.15, 0.2) is 22.0 Å². The summed E-state index contributed by atoms with van der Waals surface area (Å²) in [5.74, 6) is 0.439. The molecule has 0 aromatic carbocycles. The second-order valence-corrected chi connectivity index (χ2v) is 4.75. The number of rotatable bonds is 5. The standard InChI is InChI=1S/C12H16N2OS/c1-2-3-4-6-9-11(12(13)15-14-9)10-7-5-8-16-10/h5,7-8H,2-4,6,13H2,1H3. The number of aryl methyl sites for hydroxylation is 1. The molecule has 0 radical (unpaired) electrons. The molecule has 2 rings (SSSR count). The molecular formula is C12H16N2OS. The third-order valence-corrected chi connectivity index (χ3v) is 3.46. The largest absolute Gasteiger partial charge is 0.367 e. The summed E-state index contributed by atoms with van der Waals surface area (Å²) in [6, 6.07) is 4.07. The van der Waals surface area contributed by atoms with Gasteiger partial charge in [0.2, 0.25) is 5.88 Å². The van der Waals surface area contributed by atoms with Crippen LogP contribution in [0.3, 0.4) is 0 Å². The minimum absolute atomic E-state index is 0.439. The molecule has 0 aliphatic rings. The highest BCUT2D eigenvalue weighted by atomic mass is 32.1. The third-order valence-electron chi connectivity index (χ3n) is 2.57. The van der Waals surface area contributed by atoms with Crippen LogP contribution in [0, 0.1) is 0 Å². The van der Waals surface area contributed by atoms with Gasteiger partial charge in [-0.1, -0.05) is 31.0 Å². The van der Waals surface area contributed by atoms with Crippen LogP contribution in [-0.2, 0) is 6.42 Å². The van der Waals surface area contributed by atoms with Gasteiger partial charge in [-0.25, -0.2) is 0 Å². The maximum atomic E-state index is 5.81. The molecule has 0 atom stereocenters. The van der Waals surface area contributed by atoms with E-state index < -0.39 is 0 Å². The van der Waals surface area contributed by atoms with Crippen molar-refractivity contribution in [3.05, 3.63) is 23.2 Å². The summed E-state index contributed by atoms with van der Waals surface area (Å²) in [5.41, 5.74) is 7.80. The molecule has 4 heteroatoms. The van der Waals surface area contributed by atoms with E-state index in [0.717, 1.165) is 29.0 Å². The molecule has 0 aliphatic heterocycles. The minimum Gasteiger partial charge on any atom is -0.367 e. The van der Waals surface area contributed by atoms with E-state index in [9.17, 15) is 0 Å². The average Bonchev–Trinajstić information content (AvgIpc) is 2.88. The molecule has 2 aromatic heterocycles. The van der Waals surface area contributed by atoms with E-state index >= 15 is 0 Å². The number of anilines is 1. The van der Waals surface area contributed by atoms with Crippen molar-refractivity contribution in [1.82, 2.24) is 5.16 Å². The van der Waals surface area contributed by atoms with Crippen LogP contribution in [-0.4, -0.2) is 5.16 Å². The summed E-state index contributed by atoms with van der Waals surface area (Å²) < 4.78 is 5.08. The molecular weight excluding hydrogens is 220 g/mol. The molecule has 0 amide bonds. The van der Waals surface area contributed by atoms with Gasteiger partial charge in [0.05, 0.1) is 11.3 Å². The first-order chi connectivity index (χ1) is 7.83. The molecule has 2 aromatic rings. The zero-order valence-corrected chi connectivity index (χ0v) is 10.2. The molecule has 0 aliphatic carbocycles. The van der Waals surface area contributed by atoms with Crippen molar-refractivity contribution in [1.29, 1.82) is 0 Å². The predicted octanol–water partition coefficient (Wildman–Crippen LogP) is 3.72. The number of nitrogen functional groups attached to an aromatic ring is 1. The predicted molar refractivity (Wildman–Crippen MR) is 67.5 cm³/mol. The van der Waals surface area contributed by atoms with Crippen molar-refractivity contribution in [2.45, 2.75) is 32.6 Å². The number of nitrogens with zero attached hydrogens (tertiary/aromatic N) is 1. The van der Waals surface area contributed by atoms with E-state index in [1.165, 1.54) is 12.8 Å². The Kier molecular flexibility index (Phi) is 3.62. The Hall–Kier alpha value is -1.29. The Morgan fingerprint density at radius 1 is 1.44 bits per heavy atom. The molecule has 0 fully saturated rings. The van der Waals surface area contributed by atoms with Gasteiger partial charge in [0.15, 0.2) is 0 Å². The molecule has 3 nitrogen and oxygen atoms in total. The van der Waals surface area contributed by atoms with Crippen LogP contribution in [0.4, 0.5) is 5.88 Å². The van der Waals surface area contributed by atoms with E-state index in [4.69, 9.17) is 10.3 Å². The quantitative estimate of drug-likeness (QED) is 0.805. The molecule has 0 saturated carbocycles. The lowest BCUT2D eigenvalue weighted by molar-refractivity contribution is 0.426. The normalized spacial score (nSPS) is 10.8. The van der Waals surface area contributed by atoms with Crippen LogP contribution >= 0.6 is 11.3 Å². The van der Waals surface area contributed by atoms with Crippen LogP contribution in [0.25, 0.3) is 10.4 Å². The second-order valence-electron chi connectivity index (χ2n) is 3.80. The van der Waals surface area contributed by atoms with Crippen molar-refractivity contribution < 1.29 is 4.52 Å². The van der Waals surface area contributed by atoms with Gasteiger partial charge in [-0.2, -0.15) is 0 Å². The van der Waals surface area contributed by atoms with Crippen molar-refractivity contribution >= 4 is 17.2 Å². The van der Waals surface area contributed by atoms with E-state index in [-0.39, 0.29) is 0 Å². The molecule has 0 saturated heterocycles. The van der Waals surface area contributed by atoms with Crippen LogP contribution in [0.1, 0.15) is 31.9 Å². The molecule has 0 unspecified atom stereocenters. The Bertz CT molecular complexity index is 434. The number of aromatic nitrogens is 1.